The molecule has 1 fully saturated rings. The summed E-state index contributed by atoms with van der Waals surface area (Å²) in [7, 11) is 0. The van der Waals surface area contributed by atoms with Gasteiger partial charge >= 0.3 is 0 Å². The van der Waals surface area contributed by atoms with Gasteiger partial charge in [-0.1, -0.05) is 23.9 Å². The van der Waals surface area contributed by atoms with Crippen molar-refractivity contribution in [3.63, 3.8) is 0 Å². The first-order valence-corrected chi connectivity index (χ1v) is 11.4. The van der Waals surface area contributed by atoms with Crippen LogP contribution in [0.1, 0.15) is 37.6 Å². The van der Waals surface area contributed by atoms with Crippen molar-refractivity contribution in [2.75, 3.05) is 18.9 Å². The van der Waals surface area contributed by atoms with E-state index in [-0.39, 0.29) is 30.0 Å². The molecule has 8 nitrogen and oxygen atoms in total. The van der Waals surface area contributed by atoms with Gasteiger partial charge in [0.05, 0.1) is 18.4 Å². The maximum absolute atomic E-state index is 13.5. The molecule has 1 aliphatic heterocycles. The van der Waals surface area contributed by atoms with E-state index in [9.17, 15) is 14.0 Å². The van der Waals surface area contributed by atoms with Gasteiger partial charge in [-0.05, 0) is 37.5 Å². The molecule has 1 unspecified atom stereocenters. The number of aromatic nitrogens is 3. The Balaban J connectivity index is 1.65. The topological polar surface area (TPSA) is 103 Å². The highest BCUT2D eigenvalue weighted by Crippen LogP contribution is 2.22. The molecule has 1 saturated heterocycles. The molecule has 3 rings (SSSR count). The van der Waals surface area contributed by atoms with E-state index in [0.717, 1.165) is 25.0 Å². The minimum Gasteiger partial charge on any atom is -0.376 e. The Morgan fingerprint density at radius 1 is 1.39 bits per heavy atom. The molecule has 10 heteroatoms. The van der Waals surface area contributed by atoms with Crippen molar-refractivity contribution in [1.82, 2.24) is 19.7 Å². The summed E-state index contributed by atoms with van der Waals surface area (Å²) in [4.78, 5) is 25.7. The lowest BCUT2D eigenvalue weighted by atomic mass is 10.2. The number of benzene rings is 1. The van der Waals surface area contributed by atoms with Gasteiger partial charge in [0.15, 0.2) is 5.16 Å². The summed E-state index contributed by atoms with van der Waals surface area (Å²) >= 11 is 1.30. The molecule has 0 radical (unpaired) electrons. The van der Waals surface area contributed by atoms with Crippen LogP contribution in [0.15, 0.2) is 29.4 Å². The van der Waals surface area contributed by atoms with Crippen LogP contribution in [0, 0.1) is 5.82 Å². The van der Waals surface area contributed by atoms with Crippen LogP contribution in [0.4, 0.5) is 4.39 Å². The molecule has 2 aromatic rings. The second-order valence-corrected chi connectivity index (χ2v) is 8.38. The number of carbonyl (C=O) groups excluding carboxylic acids is 2. The van der Waals surface area contributed by atoms with Gasteiger partial charge in [0.1, 0.15) is 11.6 Å². The lowest BCUT2D eigenvalue weighted by Gasteiger charge is -2.21. The van der Waals surface area contributed by atoms with Gasteiger partial charge in [-0.25, -0.2) is 4.39 Å². The standard InChI is InChI=1S/C21H28FN5O3S/c1-2-26(12-15-5-3-6-16(22)11-15)20(29)14-31-21-25-24-19(9-8-18(23)28)27(21)13-17-7-4-10-30-17/h3,5-6,11,17H,2,4,7-10,12-14H2,1H3,(H2,23,28). The van der Waals surface area contributed by atoms with E-state index in [4.69, 9.17) is 10.5 Å². The number of amides is 2. The average Bonchev–Trinajstić information content (AvgIpc) is 3.39. The Bertz CT molecular complexity index is 901. The summed E-state index contributed by atoms with van der Waals surface area (Å²) in [6.07, 6.45) is 2.61. The van der Waals surface area contributed by atoms with Crippen LogP contribution in [-0.2, 0) is 33.8 Å². The van der Waals surface area contributed by atoms with Crippen molar-refractivity contribution in [2.24, 2.45) is 5.73 Å². The maximum Gasteiger partial charge on any atom is 0.233 e. The second-order valence-electron chi connectivity index (χ2n) is 7.44. The van der Waals surface area contributed by atoms with Crippen molar-refractivity contribution < 1.29 is 18.7 Å². The SMILES string of the molecule is CCN(Cc1cccc(F)c1)C(=O)CSc1nnc(CCC(N)=O)n1CC1CCCO1. The van der Waals surface area contributed by atoms with Crippen LogP contribution in [-0.4, -0.2) is 56.5 Å². The van der Waals surface area contributed by atoms with E-state index in [0.29, 0.717) is 37.0 Å². The summed E-state index contributed by atoms with van der Waals surface area (Å²) in [5.74, 6) is 0.0642. The maximum atomic E-state index is 13.5. The van der Waals surface area contributed by atoms with Gasteiger partial charge in [-0.15, -0.1) is 10.2 Å². The van der Waals surface area contributed by atoms with Crippen molar-refractivity contribution in [2.45, 2.75) is 57.0 Å². The molecule has 0 bridgehead atoms. The quantitative estimate of drug-likeness (QED) is 0.527. The highest BCUT2D eigenvalue weighted by atomic mass is 32.2. The minimum absolute atomic E-state index is 0.0675. The highest BCUT2D eigenvalue weighted by molar-refractivity contribution is 7.99. The number of halogens is 1. The van der Waals surface area contributed by atoms with E-state index < -0.39 is 5.91 Å². The number of ether oxygens (including phenoxy) is 1. The Morgan fingerprint density at radius 2 is 2.23 bits per heavy atom. The molecule has 2 N–H and O–H groups in total. The first-order chi connectivity index (χ1) is 15.0. The summed E-state index contributed by atoms with van der Waals surface area (Å²) in [5, 5.41) is 9.07. The molecule has 2 amide bonds. The third-order valence-electron chi connectivity index (χ3n) is 5.12. The Hall–Kier alpha value is -2.46. The van der Waals surface area contributed by atoms with Gasteiger partial charge in [0, 0.05) is 32.5 Å². The molecular formula is C21H28FN5O3S. The van der Waals surface area contributed by atoms with Gasteiger partial charge in [-0.3, -0.25) is 9.59 Å². The van der Waals surface area contributed by atoms with Gasteiger partial charge in [-0.2, -0.15) is 0 Å². The predicted octanol–water partition coefficient (Wildman–Crippen LogP) is 2.15. The first-order valence-electron chi connectivity index (χ1n) is 10.4. The van der Waals surface area contributed by atoms with Crippen LogP contribution >= 0.6 is 11.8 Å². The molecule has 31 heavy (non-hydrogen) atoms. The van der Waals surface area contributed by atoms with E-state index in [1.165, 1.54) is 23.9 Å². The van der Waals surface area contributed by atoms with E-state index in [2.05, 4.69) is 10.2 Å². The van der Waals surface area contributed by atoms with Crippen LogP contribution in [0.5, 0.6) is 0 Å². The van der Waals surface area contributed by atoms with Crippen LogP contribution < -0.4 is 5.73 Å². The number of nitrogens with zero attached hydrogens (tertiary/aromatic N) is 4. The normalized spacial score (nSPS) is 15.9. The van der Waals surface area contributed by atoms with Gasteiger partial charge in [0.25, 0.3) is 0 Å². The van der Waals surface area contributed by atoms with E-state index >= 15 is 0 Å². The average molecular weight is 450 g/mol. The molecule has 1 aromatic carbocycles. The molecule has 2 heterocycles. The van der Waals surface area contributed by atoms with Gasteiger partial charge < -0.3 is 19.9 Å². The molecular weight excluding hydrogens is 421 g/mol. The van der Waals surface area contributed by atoms with Crippen LogP contribution in [0.2, 0.25) is 0 Å². The number of hydrogen-bond acceptors (Lipinski definition) is 6. The smallest absolute Gasteiger partial charge is 0.233 e. The van der Waals surface area contributed by atoms with Crippen LogP contribution in [0.3, 0.4) is 0 Å². The number of aryl methyl sites for hydroxylation is 1. The molecule has 1 aliphatic rings. The molecule has 0 aliphatic carbocycles. The number of thioether (sulfide) groups is 1. The highest BCUT2D eigenvalue weighted by Gasteiger charge is 2.22. The van der Waals surface area contributed by atoms with Crippen molar-refractivity contribution in [1.29, 1.82) is 0 Å². The first kappa shape index (κ1) is 23.2. The number of hydrogen-bond donors (Lipinski definition) is 1. The lowest BCUT2D eigenvalue weighted by molar-refractivity contribution is -0.128. The Morgan fingerprint density at radius 3 is 2.90 bits per heavy atom. The molecule has 0 saturated carbocycles. The third-order valence-corrected chi connectivity index (χ3v) is 6.07. The summed E-state index contributed by atoms with van der Waals surface area (Å²) in [6, 6.07) is 6.26. The summed E-state index contributed by atoms with van der Waals surface area (Å²) < 4.78 is 21.1. The molecule has 0 spiro atoms. The number of primary amides is 1. The van der Waals surface area contributed by atoms with Crippen molar-refractivity contribution >= 4 is 23.6 Å². The molecule has 1 aromatic heterocycles. The fraction of sp³-hybridized carbons (Fsp3) is 0.524. The third kappa shape index (κ3) is 6.76. The number of nitrogens with two attached hydrogens (primary N) is 1. The molecule has 168 valence electrons. The number of rotatable bonds is 11. The zero-order valence-electron chi connectivity index (χ0n) is 17.6. The summed E-state index contributed by atoms with van der Waals surface area (Å²) in [6.45, 7) is 4.07. The predicted molar refractivity (Wildman–Crippen MR) is 115 cm³/mol. The van der Waals surface area contributed by atoms with Crippen molar-refractivity contribution in [3.8, 4) is 0 Å². The minimum atomic E-state index is -0.396. The zero-order chi connectivity index (χ0) is 22.2. The zero-order valence-corrected chi connectivity index (χ0v) is 18.4. The number of carbonyl (C=O) groups is 2. The largest absolute Gasteiger partial charge is 0.376 e. The van der Waals surface area contributed by atoms with E-state index in [1.807, 2.05) is 11.5 Å². The monoisotopic (exact) mass is 449 g/mol. The van der Waals surface area contributed by atoms with E-state index in [1.54, 1.807) is 17.0 Å². The van der Waals surface area contributed by atoms with Crippen molar-refractivity contribution in [3.05, 3.63) is 41.5 Å². The fourth-order valence-corrected chi connectivity index (χ4v) is 4.34. The summed E-state index contributed by atoms with van der Waals surface area (Å²) in [5.41, 5.74) is 6.03. The Labute approximate surface area is 185 Å². The van der Waals surface area contributed by atoms with Crippen LogP contribution in [0.25, 0.3) is 0 Å². The molecule has 1 atom stereocenters. The second kappa shape index (κ2) is 11.2. The lowest BCUT2D eigenvalue weighted by Crippen LogP contribution is -2.32. The fourth-order valence-electron chi connectivity index (χ4n) is 3.47. The Kier molecular flexibility index (Phi) is 8.42. The van der Waals surface area contributed by atoms with Gasteiger partial charge in [0.2, 0.25) is 11.8 Å².